The summed E-state index contributed by atoms with van der Waals surface area (Å²) in [5.41, 5.74) is 0. The van der Waals surface area contributed by atoms with Crippen molar-refractivity contribution in [3.05, 3.63) is 21.9 Å². The molecular weight excluding hydrogens is 206 g/mol. The Bertz CT molecular complexity index is 260. The molecule has 15 heavy (non-hydrogen) atoms. The van der Waals surface area contributed by atoms with Crippen LogP contribution in [-0.2, 0) is 11.2 Å². The lowest BCUT2D eigenvalue weighted by Crippen LogP contribution is -2.20. The van der Waals surface area contributed by atoms with Crippen molar-refractivity contribution >= 4 is 11.3 Å². The van der Waals surface area contributed by atoms with Crippen LogP contribution in [0.1, 0.15) is 23.1 Å². The number of thiophene rings is 1. The quantitative estimate of drug-likeness (QED) is 0.689. The van der Waals surface area contributed by atoms with Gasteiger partial charge in [-0.15, -0.1) is 11.3 Å². The van der Waals surface area contributed by atoms with Crippen molar-refractivity contribution < 1.29 is 4.74 Å². The highest BCUT2D eigenvalue weighted by molar-refractivity contribution is 7.11. The lowest BCUT2D eigenvalue weighted by atomic mass is 10.3. The first kappa shape index (κ1) is 12.7. The van der Waals surface area contributed by atoms with Crippen LogP contribution < -0.4 is 5.32 Å². The van der Waals surface area contributed by atoms with E-state index in [0.29, 0.717) is 0 Å². The van der Waals surface area contributed by atoms with Gasteiger partial charge in [0.15, 0.2) is 0 Å². The zero-order valence-corrected chi connectivity index (χ0v) is 10.5. The van der Waals surface area contributed by atoms with E-state index in [1.807, 2.05) is 11.3 Å². The molecule has 1 aromatic rings. The molecule has 3 heteroatoms. The van der Waals surface area contributed by atoms with Gasteiger partial charge in [-0.3, -0.25) is 0 Å². The molecule has 1 aromatic heterocycles. The summed E-state index contributed by atoms with van der Waals surface area (Å²) >= 11 is 1.86. The van der Waals surface area contributed by atoms with Gasteiger partial charge >= 0.3 is 0 Å². The molecule has 0 aliphatic rings. The van der Waals surface area contributed by atoms with Gasteiger partial charge in [0.25, 0.3) is 0 Å². The molecule has 1 N–H and O–H groups in total. The molecule has 0 bridgehead atoms. The highest BCUT2D eigenvalue weighted by Crippen LogP contribution is 2.15. The van der Waals surface area contributed by atoms with Gasteiger partial charge in [0.1, 0.15) is 0 Å². The van der Waals surface area contributed by atoms with Gasteiger partial charge in [-0.2, -0.15) is 0 Å². The van der Waals surface area contributed by atoms with E-state index in [2.05, 4.69) is 31.3 Å². The summed E-state index contributed by atoms with van der Waals surface area (Å²) < 4.78 is 5.54. The monoisotopic (exact) mass is 227 g/mol. The van der Waals surface area contributed by atoms with Crippen LogP contribution in [-0.4, -0.2) is 26.3 Å². The van der Waals surface area contributed by atoms with E-state index < -0.39 is 0 Å². The first-order chi connectivity index (χ1) is 7.33. The smallest absolute Gasteiger partial charge is 0.0591 e. The molecule has 0 radical (unpaired) electrons. The maximum Gasteiger partial charge on any atom is 0.0591 e. The maximum absolute atomic E-state index is 5.54. The Morgan fingerprint density at radius 2 is 2.13 bits per heavy atom. The van der Waals surface area contributed by atoms with Gasteiger partial charge in [-0.05, 0) is 32.0 Å². The Labute approximate surface area is 96.7 Å². The van der Waals surface area contributed by atoms with E-state index in [1.165, 1.54) is 16.2 Å². The second-order valence-electron chi connectivity index (χ2n) is 3.62. The van der Waals surface area contributed by atoms with Crippen LogP contribution in [0.4, 0.5) is 0 Å². The minimum Gasteiger partial charge on any atom is -0.380 e. The molecule has 0 saturated carbocycles. The van der Waals surface area contributed by atoms with Crippen LogP contribution in [0.2, 0.25) is 0 Å². The van der Waals surface area contributed by atoms with Gasteiger partial charge < -0.3 is 10.1 Å². The van der Waals surface area contributed by atoms with Crippen LogP contribution in [0.3, 0.4) is 0 Å². The summed E-state index contributed by atoms with van der Waals surface area (Å²) in [5, 5.41) is 3.32. The Kier molecular flexibility index (Phi) is 6.64. The predicted molar refractivity (Wildman–Crippen MR) is 66.7 cm³/mol. The Morgan fingerprint density at radius 1 is 1.27 bits per heavy atom. The SMILES string of the molecule is CCCNCCOCCc1ccc(C)s1. The molecule has 0 saturated heterocycles. The van der Waals surface area contributed by atoms with Crippen molar-refractivity contribution in [3.8, 4) is 0 Å². The van der Waals surface area contributed by atoms with Gasteiger partial charge in [-0.25, -0.2) is 0 Å². The van der Waals surface area contributed by atoms with Crippen molar-refractivity contribution in [2.75, 3.05) is 26.3 Å². The molecule has 0 aliphatic heterocycles. The average Bonchev–Trinajstić information content (AvgIpc) is 2.63. The van der Waals surface area contributed by atoms with Crippen LogP contribution in [0.5, 0.6) is 0 Å². The van der Waals surface area contributed by atoms with Crippen LogP contribution in [0, 0.1) is 6.92 Å². The third-order valence-electron chi connectivity index (χ3n) is 2.14. The van der Waals surface area contributed by atoms with Crippen LogP contribution in [0.25, 0.3) is 0 Å². The highest BCUT2D eigenvalue weighted by Gasteiger charge is 1.96. The maximum atomic E-state index is 5.54. The molecule has 1 heterocycles. The third kappa shape index (κ3) is 5.92. The summed E-state index contributed by atoms with van der Waals surface area (Å²) in [6.07, 6.45) is 2.24. The number of ether oxygens (including phenoxy) is 1. The van der Waals surface area contributed by atoms with Crippen molar-refractivity contribution in [1.82, 2.24) is 5.32 Å². The fourth-order valence-electron chi connectivity index (χ4n) is 1.34. The molecule has 0 unspecified atom stereocenters. The van der Waals surface area contributed by atoms with Crippen molar-refractivity contribution in [2.24, 2.45) is 0 Å². The minimum absolute atomic E-state index is 0.824. The second-order valence-corrected chi connectivity index (χ2v) is 5.00. The Hall–Kier alpha value is -0.380. The van der Waals surface area contributed by atoms with Gasteiger partial charge in [0, 0.05) is 22.7 Å². The molecule has 0 spiro atoms. The van der Waals surface area contributed by atoms with E-state index in [9.17, 15) is 0 Å². The number of aryl methyl sites for hydroxylation is 1. The van der Waals surface area contributed by atoms with E-state index in [0.717, 1.165) is 32.7 Å². The molecule has 2 nitrogen and oxygen atoms in total. The first-order valence-corrected chi connectivity index (χ1v) is 6.48. The zero-order valence-electron chi connectivity index (χ0n) is 9.71. The summed E-state index contributed by atoms with van der Waals surface area (Å²) in [7, 11) is 0. The number of hydrogen-bond acceptors (Lipinski definition) is 3. The molecule has 0 atom stereocenters. The van der Waals surface area contributed by atoms with Gasteiger partial charge in [0.2, 0.25) is 0 Å². The second kappa shape index (κ2) is 7.85. The molecule has 0 fully saturated rings. The molecule has 1 rings (SSSR count). The highest BCUT2D eigenvalue weighted by atomic mass is 32.1. The fraction of sp³-hybridized carbons (Fsp3) is 0.667. The standard InChI is InChI=1S/C12H21NOS/c1-3-7-13-8-10-14-9-6-12-5-4-11(2)15-12/h4-5,13H,3,6-10H2,1-2H3. The molecular formula is C12H21NOS. The molecule has 86 valence electrons. The molecule has 0 aromatic carbocycles. The van der Waals surface area contributed by atoms with E-state index >= 15 is 0 Å². The normalized spacial score (nSPS) is 10.8. The van der Waals surface area contributed by atoms with E-state index in [-0.39, 0.29) is 0 Å². The summed E-state index contributed by atoms with van der Waals surface area (Å²) in [5.74, 6) is 0. The van der Waals surface area contributed by atoms with Crippen LogP contribution in [0.15, 0.2) is 12.1 Å². The number of rotatable bonds is 8. The largest absolute Gasteiger partial charge is 0.380 e. The fourth-order valence-corrected chi connectivity index (χ4v) is 2.21. The lowest BCUT2D eigenvalue weighted by molar-refractivity contribution is 0.139. The van der Waals surface area contributed by atoms with E-state index in [4.69, 9.17) is 4.74 Å². The summed E-state index contributed by atoms with van der Waals surface area (Å²) in [6, 6.07) is 4.36. The number of nitrogens with one attached hydrogen (secondary N) is 1. The lowest BCUT2D eigenvalue weighted by Gasteiger charge is -2.04. The number of hydrogen-bond donors (Lipinski definition) is 1. The zero-order chi connectivity index (χ0) is 10.9. The van der Waals surface area contributed by atoms with Crippen LogP contribution >= 0.6 is 11.3 Å². The minimum atomic E-state index is 0.824. The van der Waals surface area contributed by atoms with Gasteiger partial charge in [0.05, 0.1) is 13.2 Å². The molecule has 0 amide bonds. The summed E-state index contributed by atoms with van der Waals surface area (Å²) in [6.45, 7) is 8.04. The Morgan fingerprint density at radius 3 is 2.80 bits per heavy atom. The topological polar surface area (TPSA) is 21.3 Å². The predicted octanol–water partition coefficient (Wildman–Crippen LogP) is 2.62. The Balaban J connectivity index is 1.93. The molecule has 0 aliphatic carbocycles. The van der Waals surface area contributed by atoms with Crippen molar-refractivity contribution in [3.63, 3.8) is 0 Å². The summed E-state index contributed by atoms with van der Waals surface area (Å²) in [4.78, 5) is 2.81. The third-order valence-corrected chi connectivity index (χ3v) is 3.20. The first-order valence-electron chi connectivity index (χ1n) is 5.66. The van der Waals surface area contributed by atoms with Crippen molar-refractivity contribution in [2.45, 2.75) is 26.7 Å². The van der Waals surface area contributed by atoms with Gasteiger partial charge in [-0.1, -0.05) is 6.92 Å². The van der Waals surface area contributed by atoms with Crippen molar-refractivity contribution in [1.29, 1.82) is 0 Å². The van der Waals surface area contributed by atoms with E-state index in [1.54, 1.807) is 0 Å². The average molecular weight is 227 g/mol.